The molecular formula is C26H25N5O3S. The number of amides is 1. The van der Waals surface area contributed by atoms with Gasteiger partial charge in [-0.1, -0.05) is 49.9 Å². The maximum Gasteiger partial charge on any atom is 0.234 e. The van der Waals surface area contributed by atoms with Crippen molar-refractivity contribution in [2.24, 2.45) is 0 Å². The fourth-order valence-electron chi connectivity index (χ4n) is 3.45. The van der Waals surface area contributed by atoms with Gasteiger partial charge < -0.3 is 20.5 Å². The Labute approximate surface area is 208 Å². The van der Waals surface area contributed by atoms with Crippen LogP contribution in [-0.2, 0) is 4.79 Å². The Hall–Kier alpha value is -4.21. The van der Waals surface area contributed by atoms with Crippen LogP contribution in [0, 0.1) is 22.7 Å². The minimum Gasteiger partial charge on any atom is -0.497 e. The summed E-state index contributed by atoms with van der Waals surface area (Å²) in [6.45, 7) is 4.17. The Morgan fingerprint density at radius 1 is 1.09 bits per heavy atom. The van der Waals surface area contributed by atoms with E-state index < -0.39 is 0 Å². The molecule has 0 bridgehead atoms. The smallest absolute Gasteiger partial charge is 0.234 e. The monoisotopic (exact) mass is 487 g/mol. The Bertz CT molecular complexity index is 1320. The molecule has 0 fully saturated rings. The molecule has 8 nitrogen and oxygen atoms in total. The van der Waals surface area contributed by atoms with Gasteiger partial charge in [0.15, 0.2) is 0 Å². The number of anilines is 2. The van der Waals surface area contributed by atoms with E-state index in [1.807, 2.05) is 24.3 Å². The van der Waals surface area contributed by atoms with Crippen molar-refractivity contribution in [2.75, 3.05) is 31.0 Å². The fraction of sp³-hybridized carbons (Fsp3) is 0.231. The number of aromatic nitrogens is 1. The maximum atomic E-state index is 12.7. The van der Waals surface area contributed by atoms with Gasteiger partial charge in [0.25, 0.3) is 0 Å². The number of carbonyl (C=O) groups is 1. The van der Waals surface area contributed by atoms with Crippen LogP contribution < -0.4 is 20.5 Å². The molecule has 1 aromatic heterocycles. The molecule has 1 amide bonds. The van der Waals surface area contributed by atoms with E-state index in [1.165, 1.54) is 7.11 Å². The number of hydrogen-bond donors (Lipinski definition) is 2. The van der Waals surface area contributed by atoms with Gasteiger partial charge in [0.2, 0.25) is 5.91 Å². The second-order valence-corrected chi connectivity index (χ2v) is 8.79. The van der Waals surface area contributed by atoms with Crippen molar-refractivity contribution in [3.8, 4) is 34.8 Å². The molecule has 0 unspecified atom stereocenters. The summed E-state index contributed by atoms with van der Waals surface area (Å²) in [7, 11) is 3.04. The summed E-state index contributed by atoms with van der Waals surface area (Å²) in [4.78, 5) is 16.9. The van der Waals surface area contributed by atoms with Gasteiger partial charge >= 0.3 is 0 Å². The molecule has 0 aliphatic carbocycles. The topological polar surface area (TPSA) is 134 Å². The molecule has 3 rings (SSSR count). The van der Waals surface area contributed by atoms with E-state index in [2.05, 4.69) is 36.3 Å². The molecule has 0 aliphatic rings. The van der Waals surface area contributed by atoms with Gasteiger partial charge in [-0.3, -0.25) is 4.79 Å². The number of methoxy groups -OCH3 is 2. The zero-order valence-electron chi connectivity index (χ0n) is 19.9. The van der Waals surface area contributed by atoms with Crippen molar-refractivity contribution in [2.45, 2.75) is 24.8 Å². The van der Waals surface area contributed by atoms with Crippen molar-refractivity contribution >= 4 is 29.2 Å². The average molecular weight is 488 g/mol. The zero-order valence-corrected chi connectivity index (χ0v) is 20.7. The van der Waals surface area contributed by atoms with E-state index in [1.54, 1.807) is 25.3 Å². The van der Waals surface area contributed by atoms with Crippen LogP contribution in [0.2, 0.25) is 0 Å². The van der Waals surface area contributed by atoms with E-state index in [9.17, 15) is 15.3 Å². The summed E-state index contributed by atoms with van der Waals surface area (Å²) in [5, 5.41) is 22.7. The Kier molecular flexibility index (Phi) is 8.19. The zero-order chi connectivity index (χ0) is 25.5. The molecule has 0 atom stereocenters. The highest BCUT2D eigenvalue weighted by atomic mass is 32.2. The Balaban J connectivity index is 1.90. The lowest BCUT2D eigenvalue weighted by Gasteiger charge is -2.14. The molecule has 3 aromatic rings. The summed E-state index contributed by atoms with van der Waals surface area (Å²) in [6.07, 6.45) is 0. The van der Waals surface area contributed by atoms with E-state index in [4.69, 9.17) is 15.2 Å². The summed E-state index contributed by atoms with van der Waals surface area (Å²) < 4.78 is 10.5. The van der Waals surface area contributed by atoms with Gasteiger partial charge in [0.05, 0.1) is 31.2 Å². The second kappa shape index (κ2) is 11.3. The summed E-state index contributed by atoms with van der Waals surface area (Å²) in [6, 6.07) is 16.9. The van der Waals surface area contributed by atoms with Crippen LogP contribution in [0.15, 0.2) is 47.5 Å². The molecule has 0 saturated heterocycles. The largest absolute Gasteiger partial charge is 0.497 e. The Morgan fingerprint density at radius 3 is 2.34 bits per heavy atom. The second-order valence-electron chi connectivity index (χ2n) is 7.83. The van der Waals surface area contributed by atoms with Gasteiger partial charge in [0, 0.05) is 11.6 Å². The van der Waals surface area contributed by atoms with Crippen LogP contribution in [0.5, 0.6) is 11.5 Å². The number of nitriles is 2. The standard InChI is InChI=1S/C26H25N5O3S/c1-15(2)16-5-7-17(8-6-16)24-19(12-27)25(29)31-26(20(24)13-28)35-14-23(32)30-21-10-9-18(33-3)11-22(21)34-4/h5-11,15H,14H2,1-4H3,(H2,29,31)(H,30,32). The molecule has 2 aromatic carbocycles. The van der Waals surface area contributed by atoms with Crippen LogP contribution in [-0.4, -0.2) is 30.9 Å². The molecule has 0 radical (unpaired) electrons. The van der Waals surface area contributed by atoms with Crippen LogP contribution in [0.3, 0.4) is 0 Å². The molecule has 35 heavy (non-hydrogen) atoms. The highest BCUT2D eigenvalue weighted by molar-refractivity contribution is 8.00. The fourth-order valence-corrected chi connectivity index (χ4v) is 4.24. The molecule has 9 heteroatoms. The number of pyridine rings is 1. The molecule has 3 N–H and O–H groups in total. The minimum atomic E-state index is -0.324. The molecule has 178 valence electrons. The minimum absolute atomic E-state index is 0.00849. The summed E-state index contributed by atoms with van der Waals surface area (Å²) in [5.74, 6) is 1.04. The number of nitrogens with one attached hydrogen (secondary N) is 1. The van der Waals surface area contributed by atoms with Crippen LogP contribution in [0.25, 0.3) is 11.1 Å². The number of nitrogen functional groups attached to an aromatic ring is 1. The third-order valence-electron chi connectivity index (χ3n) is 5.30. The van der Waals surface area contributed by atoms with E-state index in [0.717, 1.165) is 17.3 Å². The van der Waals surface area contributed by atoms with Gasteiger partial charge in [-0.05, 0) is 29.2 Å². The van der Waals surface area contributed by atoms with E-state index in [0.29, 0.717) is 34.2 Å². The molecular weight excluding hydrogens is 462 g/mol. The number of ether oxygens (including phenoxy) is 2. The molecule has 0 spiro atoms. The number of hydrogen-bond acceptors (Lipinski definition) is 8. The average Bonchev–Trinajstić information content (AvgIpc) is 2.87. The third kappa shape index (κ3) is 5.65. The number of carbonyl (C=O) groups excluding carboxylic acids is 1. The van der Waals surface area contributed by atoms with Gasteiger partial charge in [0.1, 0.15) is 40.0 Å². The predicted octanol–water partition coefficient (Wildman–Crippen LogP) is 4.95. The highest BCUT2D eigenvalue weighted by Crippen LogP contribution is 2.36. The normalized spacial score (nSPS) is 10.4. The van der Waals surface area contributed by atoms with Gasteiger partial charge in [-0.15, -0.1) is 0 Å². The molecule has 0 saturated carbocycles. The van der Waals surface area contributed by atoms with Crippen molar-refractivity contribution in [1.82, 2.24) is 4.98 Å². The van der Waals surface area contributed by atoms with Crippen molar-refractivity contribution in [3.63, 3.8) is 0 Å². The summed E-state index contributed by atoms with van der Waals surface area (Å²) in [5.41, 5.74) is 9.13. The maximum absolute atomic E-state index is 12.7. The number of benzene rings is 2. The highest BCUT2D eigenvalue weighted by Gasteiger charge is 2.21. The number of nitrogens with two attached hydrogens (primary N) is 1. The Morgan fingerprint density at radius 2 is 1.77 bits per heavy atom. The lowest BCUT2D eigenvalue weighted by molar-refractivity contribution is -0.113. The third-order valence-corrected chi connectivity index (χ3v) is 6.28. The van der Waals surface area contributed by atoms with Crippen LogP contribution in [0.1, 0.15) is 36.5 Å². The summed E-state index contributed by atoms with van der Waals surface area (Å²) >= 11 is 1.07. The first-order valence-electron chi connectivity index (χ1n) is 10.7. The predicted molar refractivity (Wildman–Crippen MR) is 137 cm³/mol. The van der Waals surface area contributed by atoms with E-state index >= 15 is 0 Å². The van der Waals surface area contributed by atoms with Crippen LogP contribution in [0.4, 0.5) is 11.5 Å². The van der Waals surface area contributed by atoms with Crippen LogP contribution >= 0.6 is 11.8 Å². The van der Waals surface area contributed by atoms with Gasteiger partial charge in [-0.25, -0.2) is 4.98 Å². The number of thioether (sulfide) groups is 1. The lowest BCUT2D eigenvalue weighted by Crippen LogP contribution is -2.15. The first-order valence-corrected chi connectivity index (χ1v) is 11.7. The quantitative estimate of drug-likeness (QED) is 0.426. The van der Waals surface area contributed by atoms with Crippen molar-refractivity contribution in [3.05, 3.63) is 59.2 Å². The van der Waals surface area contributed by atoms with Crippen molar-refractivity contribution in [1.29, 1.82) is 10.5 Å². The molecule has 1 heterocycles. The number of nitrogens with zero attached hydrogens (tertiary/aromatic N) is 3. The first-order chi connectivity index (χ1) is 16.8. The SMILES string of the molecule is COc1ccc(NC(=O)CSc2nc(N)c(C#N)c(-c3ccc(C(C)C)cc3)c2C#N)c(OC)c1. The number of rotatable bonds is 8. The van der Waals surface area contributed by atoms with E-state index in [-0.39, 0.29) is 33.6 Å². The lowest BCUT2D eigenvalue weighted by atomic mass is 9.94. The van der Waals surface area contributed by atoms with Crippen molar-refractivity contribution < 1.29 is 14.3 Å². The first kappa shape index (κ1) is 25.4. The molecule has 0 aliphatic heterocycles. The van der Waals surface area contributed by atoms with Gasteiger partial charge in [-0.2, -0.15) is 10.5 Å².